The molecule has 0 radical (unpaired) electrons. The number of para-hydroxylation sites is 1. The molecule has 0 N–H and O–H groups in total. The van der Waals surface area contributed by atoms with E-state index in [0.717, 1.165) is 0 Å². The Balaban J connectivity index is 0.00000181. The van der Waals surface area contributed by atoms with Gasteiger partial charge in [0, 0.05) is 24.3 Å². The van der Waals surface area contributed by atoms with E-state index in [1.165, 1.54) is 49.0 Å². The molecule has 0 atom stereocenters. The number of benzene rings is 5. The lowest BCUT2D eigenvalue weighted by atomic mass is 9.99. The molecule has 0 saturated heterocycles. The van der Waals surface area contributed by atoms with Crippen molar-refractivity contribution in [1.82, 2.24) is 0 Å². The average molecular weight is 392 g/mol. The van der Waals surface area contributed by atoms with Crippen molar-refractivity contribution in [2.45, 2.75) is 0 Å². The Labute approximate surface area is 175 Å². The van der Waals surface area contributed by atoms with Crippen LogP contribution in [0.5, 0.6) is 0 Å². The molecule has 6 rings (SSSR count). The first-order valence-electron chi connectivity index (χ1n) is 9.63. The Morgan fingerprint density at radius 3 is 1.45 bits per heavy atom. The Bertz CT molecular complexity index is 1410. The van der Waals surface area contributed by atoms with Crippen LogP contribution in [0.4, 0.5) is 0 Å². The second kappa shape index (κ2) is 6.88. The highest BCUT2D eigenvalue weighted by Crippen LogP contribution is 2.31. The summed E-state index contributed by atoms with van der Waals surface area (Å²) in [6.07, 6.45) is 0. The van der Waals surface area contributed by atoms with Crippen LogP contribution in [0.2, 0.25) is 0 Å². The van der Waals surface area contributed by atoms with Crippen molar-refractivity contribution in [3.05, 3.63) is 109 Å². The normalized spacial score (nSPS) is 11.2. The summed E-state index contributed by atoms with van der Waals surface area (Å²) in [6.45, 7) is 0. The van der Waals surface area contributed by atoms with Crippen molar-refractivity contribution in [3.8, 4) is 5.69 Å². The molecule has 29 heavy (non-hydrogen) atoms. The van der Waals surface area contributed by atoms with Crippen molar-refractivity contribution >= 4 is 43.4 Å². The van der Waals surface area contributed by atoms with E-state index in [1.807, 2.05) is 0 Å². The third-order valence-electron chi connectivity index (χ3n) is 5.68. The van der Waals surface area contributed by atoms with Gasteiger partial charge in [-0.05, 0) is 39.7 Å². The zero-order valence-corrected chi connectivity index (χ0v) is 16.5. The highest BCUT2D eigenvalue weighted by Gasteiger charge is 2.20. The fourth-order valence-electron chi connectivity index (χ4n) is 4.39. The average Bonchev–Trinajstić information content (AvgIpc) is 2.78. The van der Waals surface area contributed by atoms with Gasteiger partial charge in [-0.3, -0.25) is 0 Å². The molecule has 0 aliphatic rings. The third-order valence-corrected chi connectivity index (χ3v) is 5.68. The fraction of sp³-hybridized carbons (Fsp3) is 0. The molecule has 1 heterocycles. The van der Waals surface area contributed by atoms with Gasteiger partial charge in [-0.2, -0.15) is 4.57 Å². The maximum absolute atomic E-state index is 2.39. The monoisotopic (exact) mass is 391 g/mol. The number of pyridine rings is 1. The standard InChI is InChI=1S/C27H18N.ClH/c1-2-10-21(11-3-1)28-26-16-14-19-8-4-6-12-22(19)24(26)18-25-23-13-7-5-9-20(23)15-17-27(25)28;/h1-18H;1H/q+1;/p-1. The zero-order valence-electron chi connectivity index (χ0n) is 15.7. The molecule has 1 aromatic heterocycles. The van der Waals surface area contributed by atoms with Crippen LogP contribution in [0.15, 0.2) is 109 Å². The van der Waals surface area contributed by atoms with Gasteiger partial charge in [-0.25, -0.2) is 0 Å². The summed E-state index contributed by atoms with van der Waals surface area (Å²) in [6, 6.07) is 39.3. The molecule has 0 amide bonds. The van der Waals surface area contributed by atoms with Crippen LogP contribution in [-0.4, -0.2) is 0 Å². The molecule has 5 aromatic carbocycles. The van der Waals surface area contributed by atoms with E-state index in [1.54, 1.807) is 0 Å². The van der Waals surface area contributed by atoms with Crippen LogP contribution in [0.3, 0.4) is 0 Å². The van der Waals surface area contributed by atoms with E-state index >= 15 is 0 Å². The van der Waals surface area contributed by atoms with Gasteiger partial charge in [-0.1, -0.05) is 66.7 Å². The van der Waals surface area contributed by atoms with E-state index in [4.69, 9.17) is 0 Å². The summed E-state index contributed by atoms with van der Waals surface area (Å²) >= 11 is 0. The van der Waals surface area contributed by atoms with Gasteiger partial charge in [0.15, 0.2) is 0 Å². The number of nitrogens with zero attached hydrogens (tertiary/aromatic N) is 1. The van der Waals surface area contributed by atoms with Gasteiger partial charge < -0.3 is 12.4 Å². The predicted molar refractivity (Wildman–Crippen MR) is 118 cm³/mol. The zero-order chi connectivity index (χ0) is 18.5. The minimum atomic E-state index is 0. The highest BCUT2D eigenvalue weighted by molar-refractivity contribution is 6.13. The molecule has 0 bridgehead atoms. The van der Waals surface area contributed by atoms with Gasteiger partial charge in [-0.15, -0.1) is 0 Å². The lowest BCUT2D eigenvalue weighted by Gasteiger charge is -2.10. The molecule has 0 spiro atoms. The smallest absolute Gasteiger partial charge is 0.219 e. The van der Waals surface area contributed by atoms with Crippen molar-refractivity contribution in [2.75, 3.05) is 0 Å². The van der Waals surface area contributed by atoms with E-state index in [-0.39, 0.29) is 12.4 Å². The van der Waals surface area contributed by atoms with Crippen molar-refractivity contribution in [3.63, 3.8) is 0 Å². The van der Waals surface area contributed by atoms with E-state index in [9.17, 15) is 0 Å². The first kappa shape index (κ1) is 17.7. The van der Waals surface area contributed by atoms with Crippen LogP contribution >= 0.6 is 0 Å². The fourth-order valence-corrected chi connectivity index (χ4v) is 4.39. The van der Waals surface area contributed by atoms with Gasteiger partial charge in [0.05, 0.1) is 10.8 Å². The maximum atomic E-state index is 2.39. The Morgan fingerprint density at radius 1 is 0.414 bits per heavy atom. The summed E-state index contributed by atoms with van der Waals surface area (Å²) in [5.74, 6) is 0. The number of fused-ring (bicyclic) bond motifs is 6. The molecule has 6 aromatic rings. The number of halogens is 1. The lowest BCUT2D eigenvalue weighted by molar-refractivity contribution is -0.537. The molecule has 0 saturated carbocycles. The van der Waals surface area contributed by atoms with Gasteiger partial charge in [0.1, 0.15) is 0 Å². The van der Waals surface area contributed by atoms with E-state index in [0.29, 0.717) is 0 Å². The summed E-state index contributed by atoms with van der Waals surface area (Å²) < 4.78 is 2.39. The molecular weight excluding hydrogens is 374 g/mol. The highest BCUT2D eigenvalue weighted by atomic mass is 35.5. The summed E-state index contributed by atoms with van der Waals surface area (Å²) in [4.78, 5) is 0. The molecule has 2 heteroatoms. The minimum Gasteiger partial charge on any atom is -1.00 e. The molecular formula is C27H18ClN. The number of hydrogen-bond acceptors (Lipinski definition) is 0. The summed E-state index contributed by atoms with van der Waals surface area (Å²) in [5, 5.41) is 7.69. The quantitative estimate of drug-likeness (QED) is 0.229. The molecule has 0 fully saturated rings. The third kappa shape index (κ3) is 2.66. The van der Waals surface area contributed by atoms with Crippen LogP contribution in [0.25, 0.3) is 49.0 Å². The Hall–Kier alpha value is -3.42. The molecule has 0 aliphatic carbocycles. The number of rotatable bonds is 1. The maximum Gasteiger partial charge on any atom is 0.219 e. The number of aromatic nitrogens is 1. The summed E-state index contributed by atoms with van der Waals surface area (Å²) in [5.41, 5.74) is 3.64. The van der Waals surface area contributed by atoms with Crippen LogP contribution in [0.1, 0.15) is 0 Å². The first-order chi connectivity index (χ1) is 13.9. The predicted octanol–water partition coefficient (Wildman–Crippen LogP) is 3.58. The SMILES string of the molecule is [Cl-].c1ccc(-[n+]2c3ccc4ccccc4c3cc3c4ccccc4ccc32)cc1. The van der Waals surface area contributed by atoms with Crippen LogP contribution < -0.4 is 17.0 Å². The van der Waals surface area contributed by atoms with Gasteiger partial charge in [0.25, 0.3) is 0 Å². The van der Waals surface area contributed by atoms with Gasteiger partial charge in [0.2, 0.25) is 16.7 Å². The molecule has 1 nitrogen and oxygen atoms in total. The van der Waals surface area contributed by atoms with E-state index < -0.39 is 0 Å². The van der Waals surface area contributed by atoms with Crippen molar-refractivity contribution in [2.24, 2.45) is 0 Å². The van der Waals surface area contributed by atoms with Crippen LogP contribution in [-0.2, 0) is 0 Å². The largest absolute Gasteiger partial charge is 1.00 e. The molecule has 0 aliphatic heterocycles. The topological polar surface area (TPSA) is 3.88 Å². The van der Waals surface area contributed by atoms with Crippen molar-refractivity contribution in [1.29, 1.82) is 0 Å². The number of hydrogen-bond donors (Lipinski definition) is 0. The molecule has 138 valence electrons. The second-order valence-electron chi connectivity index (χ2n) is 7.25. The Kier molecular flexibility index (Phi) is 4.19. The van der Waals surface area contributed by atoms with E-state index in [2.05, 4.69) is 114 Å². The Morgan fingerprint density at radius 2 is 0.897 bits per heavy atom. The minimum absolute atomic E-state index is 0. The van der Waals surface area contributed by atoms with Crippen LogP contribution in [0, 0.1) is 0 Å². The molecule has 0 unspecified atom stereocenters. The second-order valence-corrected chi connectivity index (χ2v) is 7.25. The lowest BCUT2D eigenvalue weighted by Crippen LogP contribution is -3.00. The summed E-state index contributed by atoms with van der Waals surface area (Å²) in [7, 11) is 0. The van der Waals surface area contributed by atoms with Gasteiger partial charge >= 0.3 is 0 Å². The van der Waals surface area contributed by atoms with Crippen molar-refractivity contribution < 1.29 is 17.0 Å². The first-order valence-corrected chi connectivity index (χ1v) is 9.63.